The van der Waals surface area contributed by atoms with E-state index in [9.17, 15) is 4.39 Å². The third-order valence-corrected chi connectivity index (χ3v) is 3.73. The van der Waals surface area contributed by atoms with Crippen molar-refractivity contribution in [3.63, 3.8) is 0 Å². The Morgan fingerprint density at radius 2 is 1.75 bits per heavy atom. The molecule has 0 aliphatic heterocycles. The van der Waals surface area contributed by atoms with E-state index >= 15 is 0 Å². The van der Waals surface area contributed by atoms with Gasteiger partial charge < -0.3 is 5.32 Å². The van der Waals surface area contributed by atoms with Crippen LogP contribution < -0.4 is 5.32 Å². The van der Waals surface area contributed by atoms with Gasteiger partial charge in [0.15, 0.2) is 0 Å². The van der Waals surface area contributed by atoms with Crippen LogP contribution in [0.2, 0.25) is 0 Å². The highest BCUT2D eigenvalue weighted by atomic mass is 19.1. The standard InChI is InChI=1S/C18H22FN/c1-13(2)17(15-7-5-4-6-8-15)12-20-16-10-9-14(3)18(19)11-16/h4-11,13,17,20H,12H2,1-3H3. The van der Waals surface area contributed by atoms with Gasteiger partial charge in [-0.1, -0.05) is 50.2 Å². The first-order valence-electron chi connectivity index (χ1n) is 7.13. The molecule has 1 nitrogen and oxygen atoms in total. The van der Waals surface area contributed by atoms with E-state index in [1.165, 1.54) is 5.56 Å². The maximum absolute atomic E-state index is 13.5. The molecule has 0 amide bonds. The normalized spacial score (nSPS) is 12.4. The van der Waals surface area contributed by atoms with Crippen LogP contribution in [0.5, 0.6) is 0 Å². The predicted octanol–water partition coefficient (Wildman–Crippen LogP) is 4.99. The van der Waals surface area contributed by atoms with E-state index in [4.69, 9.17) is 0 Å². The molecule has 0 saturated carbocycles. The molecule has 1 unspecified atom stereocenters. The molecule has 0 saturated heterocycles. The van der Waals surface area contributed by atoms with Crippen molar-refractivity contribution in [3.8, 4) is 0 Å². The molecule has 0 aliphatic rings. The molecule has 106 valence electrons. The van der Waals surface area contributed by atoms with Gasteiger partial charge in [0.25, 0.3) is 0 Å². The third kappa shape index (κ3) is 3.60. The lowest BCUT2D eigenvalue weighted by atomic mass is 9.88. The van der Waals surface area contributed by atoms with Gasteiger partial charge in [-0.05, 0) is 36.1 Å². The molecular formula is C18H22FN. The Bertz CT molecular complexity index is 549. The highest BCUT2D eigenvalue weighted by Gasteiger charge is 2.15. The summed E-state index contributed by atoms with van der Waals surface area (Å²) >= 11 is 0. The van der Waals surface area contributed by atoms with Crippen molar-refractivity contribution in [2.45, 2.75) is 26.7 Å². The molecule has 0 radical (unpaired) electrons. The van der Waals surface area contributed by atoms with E-state index < -0.39 is 0 Å². The number of aryl methyl sites for hydroxylation is 1. The highest BCUT2D eigenvalue weighted by Crippen LogP contribution is 2.25. The summed E-state index contributed by atoms with van der Waals surface area (Å²) in [6.45, 7) is 7.02. The van der Waals surface area contributed by atoms with Crippen molar-refractivity contribution >= 4 is 5.69 Å². The summed E-state index contributed by atoms with van der Waals surface area (Å²) in [5, 5.41) is 3.35. The Morgan fingerprint density at radius 3 is 2.35 bits per heavy atom. The molecule has 0 spiro atoms. The Balaban J connectivity index is 2.08. The molecule has 0 aliphatic carbocycles. The van der Waals surface area contributed by atoms with Crippen LogP contribution in [-0.4, -0.2) is 6.54 Å². The summed E-state index contributed by atoms with van der Waals surface area (Å²) in [4.78, 5) is 0. The van der Waals surface area contributed by atoms with E-state index in [2.05, 4.69) is 43.4 Å². The number of hydrogen-bond acceptors (Lipinski definition) is 1. The molecule has 0 bridgehead atoms. The minimum absolute atomic E-state index is 0.157. The van der Waals surface area contributed by atoms with Crippen LogP contribution >= 0.6 is 0 Å². The van der Waals surface area contributed by atoms with Crippen LogP contribution in [0.15, 0.2) is 48.5 Å². The van der Waals surface area contributed by atoms with Gasteiger partial charge in [-0.2, -0.15) is 0 Å². The molecule has 2 heteroatoms. The lowest BCUT2D eigenvalue weighted by Crippen LogP contribution is -2.17. The molecule has 0 heterocycles. The van der Waals surface area contributed by atoms with Crippen molar-refractivity contribution in [2.75, 3.05) is 11.9 Å². The second-order valence-electron chi connectivity index (χ2n) is 5.61. The molecule has 2 rings (SSSR count). The van der Waals surface area contributed by atoms with Gasteiger partial charge in [0, 0.05) is 18.2 Å². The SMILES string of the molecule is Cc1ccc(NCC(c2ccccc2)C(C)C)cc1F. The lowest BCUT2D eigenvalue weighted by Gasteiger charge is -2.22. The number of nitrogens with one attached hydrogen (secondary N) is 1. The summed E-state index contributed by atoms with van der Waals surface area (Å²) in [6.07, 6.45) is 0. The van der Waals surface area contributed by atoms with Gasteiger partial charge >= 0.3 is 0 Å². The second-order valence-corrected chi connectivity index (χ2v) is 5.61. The van der Waals surface area contributed by atoms with E-state index in [-0.39, 0.29) is 5.82 Å². The Hall–Kier alpha value is -1.83. The van der Waals surface area contributed by atoms with E-state index in [1.54, 1.807) is 13.0 Å². The average Bonchev–Trinajstić information content (AvgIpc) is 2.44. The minimum atomic E-state index is -0.157. The Morgan fingerprint density at radius 1 is 1.05 bits per heavy atom. The second kappa shape index (κ2) is 6.56. The number of benzene rings is 2. The van der Waals surface area contributed by atoms with Gasteiger partial charge in [0.05, 0.1) is 0 Å². The molecule has 2 aromatic carbocycles. The fourth-order valence-electron chi connectivity index (χ4n) is 2.37. The first-order chi connectivity index (χ1) is 9.58. The summed E-state index contributed by atoms with van der Waals surface area (Å²) < 4.78 is 13.5. The van der Waals surface area contributed by atoms with Crippen LogP contribution in [0.4, 0.5) is 10.1 Å². The monoisotopic (exact) mass is 271 g/mol. The van der Waals surface area contributed by atoms with Crippen LogP contribution in [0, 0.1) is 18.7 Å². The first kappa shape index (κ1) is 14.6. The van der Waals surface area contributed by atoms with Crippen molar-refractivity contribution in [2.24, 2.45) is 5.92 Å². The van der Waals surface area contributed by atoms with Gasteiger partial charge in [0.1, 0.15) is 5.82 Å². The van der Waals surface area contributed by atoms with Crippen LogP contribution in [-0.2, 0) is 0 Å². The summed E-state index contributed by atoms with van der Waals surface area (Å²) in [5.41, 5.74) is 2.84. The quantitative estimate of drug-likeness (QED) is 0.808. The van der Waals surface area contributed by atoms with Crippen LogP contribution in [0.25, 0.3) is 0 Å². The fourth-order valence-corrected chi connectivity index (χ4v) is 2.37. The summed E-state index contributed by atoms with van der Waals surface area (Å²) in [7, 11) is 0. The topological polar surface area (TPSA) is 12.0 Å². The maximum Gasteiger partial charge on any atom is 0.128 e. The molecule has 0 fully saturated rings. The zero-order chi connectivity index (χ0) is 14.5. The third-order valence-electron chi connectivity index (χ3n) is 3.73. The average molecular weight is 271 g/mol. The summed E-state index contributed by atoms with van der Waals surface area (Å²) in [6, 6.07) is 15.8. The van der Waals surface area contributed by atoms with Crippen molar-refractivity contribution in [1.29, 1.82) is 0 Å². The van der Waals surface area contributed by atoms with E-state index in [0.29, 0.717) is 17.4 Å². The lowest BCUT2D eigenvalue weighted by molar-refractivity contribution is 0.517. The Kier molecular flexibility index (Phi) is 4.78. The van der Waals surface area contributed by atoms with Gasteiger partial charge in [0.2, 0.25) is 0 Å². The van der Waals surface area contributed by atoms with Gasteiger partial charge in [-0.15, -0.1) is 0 Å². The largest absolute Gasteiger partial charge is 0.384 e. The van der Waals surface area contributed by atoms with Crippen LogP contribution in [0.3, 0.4) is 0 Å². The van der Waals surface area contributed by atoms with E-state index in [0.717, 1.165) is 12.2 Å². The highest BCUT2D eigenvalue weighted by molar-refractivity contribution is 5.45. The molecule has 1 atom stereocenters. The molecular weight excluding hydrogens is 249 g/mol. The molecule has 0 aromatic heterocycles. The predicted molar refractivity (Wildman–Crippen MR) is 83.6 cm³/mol. The first-order valence-corrected chi connectivity index (χ1v) is 7.13. The van der Waals surface area contributed by atoms with E-state index in [1.807, 2.05) is 18.2 Å². The minimum Gasteiger partial charge on any atom is -0.384 e. The number of anilines is 1. The molecule has 2 aromatic rings. The zero-order valence-corrected chi connectivity index (χ0v) is 12.4. The Labute approximate surface area is 120 Å². The van der Waals surface area contributed by atoms with Gasteiger partial charge in [-0.3, -0.25) is 0 Å². The molecule has 1 N–H and O–H groups in total. The van der Waals surface area contributed by atoms with Crippen molar-refractivity contribution < 1.29 is 4.39 Å². The fraction of sp³-hybridized carbons (Fsp3) is 0.333. The maximum atomic E-state index is 13.5. The molecule has 20 heavy (non-hydrogen) atoms. The smallest absolute Gasteiger partial charge is 0.128 e. The zero-order valence-electron chi connectivity index (χ0n) is 12.4. The number of rotatable bonds is 5. The van der Waals surface area contributed by atoms with Crippen LogP contribution in [0.1, 0.15) is 30.9 Å². The number of hydrogen-bond donors (Lipinski definition) is 1. The summed E-state index contributed by atoms with van der Waals surface area (Å²) in [5.74, 6) is 0.788. The van der Waals surface area contributed by atoms with Crippen molar-refractivity contribution in [1.82, 2.24) is 0 Å². The van der Waals surface area contributed by atoms with Gasteiger partial charge in [-0.25, -0.2) is 4.39 Å². The number of halogens is 1. The van der Waals surface area contributed by atoms with Crippen molar-refractivity contribution in [3.05, 3.63) is 65.5 Å².